The quantitative estimate of drug-likeness (QED) is 0.832. The van der Waals surface area contributed by atoms with E-state index >= 15 is 0 Å². The number of rotatable bonds is 4. The van der Waals surface area contributed by atoms with Gasteiger partial charge >= 0.3 is 0 Å². The van der Waals surface area contributed by atoms with Crippen molar-refractivity contribution >= 4 is 0 Å². The van der Waals surface area contributed by atoms with Crippen LogP contribution in [0.1, 0.15) is 40.0 Å². The first-order valence-corrected chi connectivity index (χ1v) is 7.66. The summed E-state index contributed by atoms with van der Waals surface area (Å²) in [6.45, 7) is 13.9. The van der Waals surface area contributed by atoms with Gasteiger partial charge < -0.3 is 10.1 Å². The average Bonchev–Trinajstić information content (AvgIpc) is 2.39. The Balaban J connectivity index is 1.86. The normalized spacial score (nSPS) is 31.5. The molecule has 3 heteroatoms. The number of piperidine rings is 1. The average molecular weight is 254 g/mol. The number of nitrogens with zero attached hydrogens (tertiary/aromatic N) is 1. The van der Waals surface area contributed by atoms with Crippen LogP contribution in [0.15, 0.2) is 0 Å². The van der Waals surface area contributed by atoms with Gasteiger partial charge in [0.15, 0.2) is 0 Å². The lowest BCUT2D eigenvalue weighted by Gasteiger charge is -2.43. The predicted molar refractivity (Wildman–Crippen MR) is 75.8 cm³/mol. The Morgan fingerprint density at radius 2 is 2.22 bits per heavy atom. The highest BCUT2D eigenvalue weighted by Gasteiger charge is 2.33. The molecule has 106 valence electrons. The van der Waals surface area contributed by atoms with E-state index in [4.69, 9.17) is 4.74 Å². The molecule has 0 aromatic carbocycles. The van der Waals surface area contributed by atoms with Gasteiger partial charge in [0.2, 0.25) is 0 Å². The van der Waals surface area contributed by atoms with Crippen molar-refractivity contribution in [1.82, 2.24) is 10.2 Å². The smallest absolute Gasteiger partial charge is 0.0700 e. The molecule has 1 N–H and O–H groups in total. The largest absolute Gasteiger partial charge is 0.376 e. The first-order chi connectivity index (χ1) is 8.62. The van der Waals surface area contributed by atoms with Crippen LogP contribution in [-0.2, 0) is 4.74 Å². The molecule has 2 saturated heterocycles. The number of nitrogens with one attached hydrogen (secondary N) is 1. The lowest BCUT2D eigenvalue weighted by Crippen LogP contribution is -2.49. The lowest BCUT2D eigenvalue weighted by molar-refractivity contribution is -0.0460. The summed E-state index contributed by atoms with van der Waals surface area (Å²) in [6.07, 6.45) is 4.33. The van der Waals surface area contributed by atoms with Crippen molar-refractivity contribution in [3.8, 4) is 0 Å². The molecule has 2 fully saturated rings. The highest BCUT2D eigenvalue weighted by Crippen LogP contribution is 2.33. The van der Waals surface area contributed by atoms with Crippen molar-refractivity contribution in [2.45, 2.75) is 46.1 Å². The van der Waals surface area contributed by atoms with Crippen molar-refractivity contribution in [3.05, 3.63) is 0 Å². The first kappa shape index (κ1) is 14.3. The molecule has 0 spiro atoms. The maximum atomic E-state index is 5.76. The second-order valence-electron chi connectivity index (χ2n) is 6.67. The van der Waals surface area contributed by atoms with Gasteiger partial charge in [-0.2, -0.15) is 0 Å². The van der Waals surface area contributed by atoms with Crippen LogP contribution >= 0.6 is 0 Å². The molecule has 0 aromatic rings. The van der Waals surface area contributed by atoms with E-state index in [-0.39, 0.29) is 0 Å². The van der Waals surface area contributed by atoms with Gasteiger partial charge in [0, 0.05) is 19.6 Å². The van der Waals surface area contributed by atoms with E-state index in [9.17, 15) is 0 Å². The zero-order valence-electron chi connectivity index (χ0n) is 12.4. The molecule has 2 rings (SSSR count). The second-order valence-corrected chi connectivity index (χ2v) is 6.67. The van der Waals surface area contributed by atoms with Crippen molar-refractivity contribution < 1.29 is 4.74 Å². The molecular weight excluding hydrogens is 224 g/mol. The van der Waals surface area contributed by atoms with Gasteiger partial charge in [-0.25, -0.2) is 0 Å². The Hall–Kier alpha value is -0.120. The van der Waals surface area contributed by atoms with E-state index in [2.05, 4.69) is 31.0 Å². The minimum Gasteiger partial charge on any atom is -0.376 e. The highest BCUT2D eigenvalue weighted by atomic mass is 16.5. The molecule has 2 atom stereocenters. The fourth-order valence-electron chi connectivity index (χ4n) is 3.40. The Morgan fingerprint density at radius 1 is 1.39 bits per heavy atom. The zero-order chi connectivity index (χ0) is 13.0. The molecule has 0 amide bonds. The van der Waals surface area contributed by atoms with Crippen LogP contribution in [0.25, 0.3) is 0 Å². The highest BCUT2D eigenvalue weighted by molar-refractivity contribution is 4.86. The second kappa shape index (κ2) is 6.36. The number of hydrogen-bond donors (Lipinski definition) is 1. The molecule has 0 saturated carbocycles. The van der Waals surface area contributed by atoms with Crippen molar-refractivity contribution in [1.29, 1.82) is 0 Å². The molecule has 18 heavy (non-hydrogen) atoms. The van der Waals surface area contributed by atoms with Gasteiger partial charge in [-0.05, 0) is 43.7 Å². The molecule has 2 heterocycles. The minimum absolute atomic E-state index is 0.420. The summed E-state index contributed by atoms with van der Waals surface area (Å²) >= 11 is 0. The fraction of sp³-hybridized carbons (Fsp3) is 1.00. The van der Waals surface area contributed by atoms with E-state index in [1.54, 1.807) is 0 Å². The van der Waals surface area contributed by atoms with Crippen LogP contribution in [0.4, 0.5) is 0 Å². The summed E-state index contributed by atoms with van der Waals surface area (Å²) in [6, 6.07) is 0. The summed E-state index contributed by atoms with van der Waals surface area (Å²) in [7, 11) is 0. The molecule has 0 radical (unpaired) electrons. The first-order valence-electron chi connectivity index (χ1n) is 7.66. The van der Waals surface area contributed by atoms with Crippen molar-refractivity contribution in [2.24, 2.45) is 11.3 Å². The van der Waals surface area contributed by atoms with Crippen LogP contribution in [0.3, 0.4) is 0 Å². The summed E-state index contributed by atoms with van der Waals surface area (Å²) in [5, 5.41) is 3.55. The Morgan fingerprint density at radius 3 is 2.89 bits per heavy atom. The Kier molecular flexibility index (Phi) is 5.05. The van der Waals surface area contributed by atoms with Gasteiger partial charge in [-0.15, -0.1) is 0 Å². The number of ether oxygens (including phenoxy) is 1. The standard InChI is InChI=1S/C15H30N2O/c1-4-14-11-17(8-9-18-14)12-15(2,3)13-6-5-7-16-10-13/h13-14,16H,4-12H2,1-3H3. The molecule has 0 aliphatic carbocycles. The fourth-order valence-corrected chi connectivity index (χ4v) is 3.40. The third-order valence-electron chi connectivity index (χ3n) is 4.71. The Bertz CT molecular complexity index is 249. The number of morpholine rings is 1. The third-order valence-corrected chi connectivity index (χ3v) is 4.71. The van der Waals surface area contributed by atoms with Crippen molar-refractivity contribution in [3.63, 3.8) is 0 Å². The molecule has 3 nitrogen and oxygen atoms in total. The van der Waals surface area contributed by atoms with Gasteiger partial charge in [0.25, 0.3) is 0 Å². The maximum Gasteiger partial charge on any atom is 0.0700 e. The van der Waals surface area contributed by atoms with Crippen LogP contribution in [0, 0.1) is 11.3 Å². The lowest BCUT2D eigenvalue weighted by atomic mass is 9.74. The predicted octanol–water partition coefficient (Wildman–Crippen LogP) is 2.12. The molecule has 2 unspecified atom stereocenters. The summed E-state index contributed by atoms with van der Waals surface area (Å²) < 4.78 is 5.76. The van der Waals surface area contributed by atoms with Crippen LogP contribution in [0.5, 0.6) is 0 Å². The van der Waals surface area contributed by atoms with Crippen molar-refractivity contribution in [2.75, 3.05) is 39.3 Å². The third kappa shape index (κ3) is 3.69. The van der Waals surface area contributed by atoms with E-state index in [1.807, 2.05) is 0 Å². The van der Waals surface area contributed by atoms with Crippen LogP contribution < -0.4 is 5.32 Å². The van der Waals surface area contributed by atoms with E-state index < -0.39 is 0 Å². The van der Waals surface area contributed by atoms with Gasteiger partial charge in [0.05, 0.1) is 12.7 Å². The van der Waals surface area contributed by atoms with E-state index in [0.29, 0.717) is 11.5 Å². The zero-order valence-corrected chi connectivity index (χ0v) is 12.4. The van der Waals surface area contributed by atoms with Gasteiger partial charge in [0.1, 0.15) is 0 Å². The van der Waals surface area contributed by atoms with Crippen LogP contribution in [0.2, 0.25) is 0 Å². The molecule has 0 bridgehead atoms. The summed E-state index contributed by atoms with van der Waals surface area (Å²) in [5.74, 6) is 0.828. The SMILES string of the molecule is CCC1CN(CC(C)(C)C2CCCNC2)CCO1. The minimum atomic E-state index is 0.420. The molecule has 2 aliphatic rings. The monoisotopic (exact) mass is 254 g/mol. The van der Waals surface area contributed by atoms with Gasteiger partial charge in [-0.3, -0.25) is 4.90 Å². The Labute approximate surface area is 112 Å². The van der Waals surface area contributed by atoms with Crippen LogP contribution in [-0.4, -0.2) is 50.3 Å². The summed E-state index contributed by atoms with van der Waals surface area (Å²) in [4.78, 5) is 2.62. The molecule has 0 aromatic heterocycles. The summed E-state index contributed by atoms with van der Waals surface area (Å²) in [5.41, 5.74) is 0.420. The molecular formula is C15H30N2O. The van der Waals surface area contributed by atoms with E-state index in [1.165, 1.54) is 32.5 Å². The number of hydrogen-bond acceptors (Lipinski definition) is 3. The topological polar surface area (TPSA) is 24.5 Å². The maximum absolute atomic E-state index is 5.76. The van der Waals surface area contributed by atoms with E-state index in [0.717, 1.165) is 32.0 Å². The van der Waals surface area contributed by atoms with Gasteiger partial charge in [-0.1, -0.05) is 20.8 Å². The molecule has 2 aliphatic heterocycles.